The Labute approximate surface area is 171 Å². The van der Waals surface area contributed by atoms with Crippen LogP contribution >= 0.6 is 0 Å². The van der Waals surface area contributed by atoms with Crippen LogP contribution in [-0.2, 0) is 0 Å². The van der Waals surface area contributed by atoms with Crippen molar-refractivity contribution >= 4 is 28.7 Å². The average molecular weight is 380 g/mol. The van der Waals surface area contributed by atoms with Gasteiger partial charge in [-0.25, -0.2) is 0 Å². The molecule has 0 saturated heterocycles. The van der Waals surface area contributed by atoms with E-state index in [0.717, 1.165) is 30.3 Å². The molecule has 1 heterocycles. The Balaban J connectivity index is 1.37. The molecule has 2 aliphatic rings. The molecule has 2 aromatic carbocycles. The quantitative estimate of drug-likeness (QED) is 0.636. The van der Waals surface area contributed by atoms with E-state index in [4.69, 9.17) is 4.42 Å². The highest BCUT2D eigenvalue weighted by atomic mass is 16.3. The number of furan rings is 1. The van der Waals surface area contributed by atoms with Crippen LogP contribution in [0.5, 0.6) is 0 Å². The Morgan fingerprint density at radius 1 is 0.897 bits per heavy atom. The van der Waals surface area contributed by atoms with Crippen molar-refractivity contribution < 1.29 is 4.42 Å². The minimum atomic E-state index is 0.422. The van der Waals surface area contributed by atoms with Crippen LogP contribution in [0.1, 0.15) is 24.8 Å². The maximum absolute atomic E-state index is 6.08. The van der Waals surface area contributed by atoms with Gasteiger partial charge in [-0.3, -0.25) is 0 Å². The summed E-state index contributed by atoms with van der Waals surface area (Å²) in [5, 5.41) is 2.46. The summed E-state index contributed by atoms with van der Waals surface area (Å²) < 4.78 is 6.08. The maximum atomic E-state index is 6.08. The van der Waals surface area contributed by atoms with Crippen molar-refractivity contribution in [1.29, 1.82) is 0 Å². The first-order valence-corrected chi connectivity index (χ1v) is 10.3. The van der Waals surface area contributed by atoms with Gasteiger partial charge in [-0.1, -0.05) is 72.8 Å². The molecular weight excluding hydrogens is 354 g/mol. The largest absolute Gasteiger partial charge is 0.456 e. The normalized spacial score (nSPS) is 18.6. The fourth-order valence-electron chi connectivity index (χ4n) is 4.31. The minimum absolute atomic E-state index is 0.422. The Morgan fingerprint density at radius 2 is 1.69 bits per heavy atom. The van der Waals surface area contributed by atoms with E-state index in [1.807, 2.05) is 12.1 Å². The number of hydrogen-bond acceptors (Lipinski definition) is 2. The predicted octanol–water partition coefficient (Wildman–Crippen LogP) is 5.02. The lowest BCUT2D eigenvalue weighted by molar-refractivity contribution is 0.323. The SMILES string of the molecule is CN(C1=CCC(c2ccccc2)=CC=C1)C1CC=c2oc3ccccc3c2=CC1. The number of benzene rings is 2. The summed E-state index contributed by atoms with van der Waals surface area (Å²) in [6.07, 6.45) is 16.5. The van der Waals surface area contributed by atoms with Crippen LogP contribution in [0.25, 0.3) is 28.7 Å². The lowest BCUT2D eigenvalue weighted by Crippen LogP contribution is -2.29. The van der Waals surface area contributed by atoms with Crippen LogP contribution in [0.3, 0.4) is 0 Å². The summed E-state index contributed by atoms with van der Waals surface area (Å²) in [6, 6.07) is 19.4. The molecule has 0 amide bonds. The molecule has 0 saturated carbocycles. The number of rotatable bonds is 3. The second kappa shape index (κ2) is 7.63. The summed E-state index contributed by atoms with van der Waals surface area (Å²) >= 11 is 0. The number of likely N-dealkylation sites (N-methyl/N-ethyl adjacent to an activating group) is 1. The minimum Gasteiger partial charge on any atom is -0.456 e. The molecular formula is C27H25NO. The third-order valence-corrected chi connectivity index (χ3v) is 6.03. The number of nitrogens with zero attached hydrogens (tertiary/aromatic N) is 1. The van der Waals surface area contributed by atoms with E-state index < -0.39 is 0 Å². The van der Waals surface area contributed by atoms with E-state index in [9.17, 15) is 0 Å². The summed E-state index contributed by atoms with van der Waals surface area (Å²) in [5.41, 5.74) is 5.92. The van der Waals surface area contributed by atoms with Crippen LogP contribution in [0.4, 0.5) is 0 Å². The van der Waals surface area contributed by atoms with E-state index in [2.05, 4.69) is 90.9 Å². The first kappa shape index (κ1) is 17.8. The molecule has 1 atom stereocenters. The van der Waals surface area contributed by atoms with Crippen molar-refractivity contribution in [3.8, 4) is 0 Å². The lowest BCUT2D eigenvalue weighted by Gasteiger charge is -2.29. The van der Waals surface area contributed by atoms with Gasteiger partial charge in [0, 0.05) is 29.4 Å². The van der Waals surface area contributed by atoms with E-state index in [0.29, 0.717) is 6.04 Å². The number of fused-ring (bicyclic) bond motifs is 3. The molecule has 3 aromatic rings. The topological polar surface area (TPSA) is 16.4 Å². The molecule has 2 aliphatic carbocycles. The second-order valence-electron chi connectivity index (χ2n) is 7.77. The van der Waals surface area contributed by atoms with Gasteiger partial charge in [0.05, 0.1) is 0 Å². The summed E-state index contributed by atoms with van der Waals surface area (Å²) in [6.45, 7) is 0. The van der Waals surface area contributed by atoms with Gasteiger partial charge in [0.15, 0.2) is 0 Å². The lowest BCUT2D eigenvalue weighted by atomic mass is 10.0. The molecule has 1 unspecified atom stereocenters. The zero-order valence-electron chi connectivity index (χ0n) is 16.7. The monoisotopic (exact) mass is 379 g/mol. The highest BCUT2D eigenvalue weighted by Gasteiger charge is 2.17. The first-order chi connectivity index (χ1) is 14.3. The van der Waals surface area contributed by atoms with Gasteiger partial charge in [-0.15, -0.1) is 0 Å². The van der Waals surface area contributed by atoms with Gasteiger partial charge in [0.25, 0.3) is 0 Å². The average Bonchev–Trinajstić information content (AvgIpc) is 2.93. The van der Waals surface area contributed by atoms with Gasteiger partial charge >= 0.3 is 0 Å². The van der Waals surface area contributed by atoms with Crippen LogP contribution in [0, 0.1) is 0 Å². The fourth-order valence-corrected chi connectivity index (χ4v) is 4.31. The zero-order valence-corrected chi connectivity index (χ0v) is 16.7. The van der Waals surface area contributed by atoms with Crippen LogP contribution < -0.4 is 10.6 Å². The zero-order chi connectivity index (χ0) is 19.6. The third-order valence-electron chi connectivity index (χ3n) is 6.03. The first-order valence-electron chi connectivity index (χ1n) is 10.3. The molecule has 0 fully saturated rings. The number of hydrogen-bond donors (Lipinski definition) is 0. The third kappa shape index (κ3) is 3.47. The van der Waals surface area contributed by atoms with Gasteiger partial charge in [0.2, 0.25) is 0 Å². The van der Waals surface area contributed by atoms with Crippen molar-refractivity contribution in [2.75, 3.05) is 7.05 Å². The molecule has 5 rings (SSSR count). The van der Waals surface area contributed by atoms with Crippen molar-refractivity contribution in [3.63, 3.8) is 0 Å². The van der Waals surface area contributed by atoms with Crippen LogP contribution in [0.2, 0.25) is 0 Å². The van der Waals surface area contributed by atoms with E-state index in [1.54, 1.807) is 0 Å². The molecule has 0 spiro atoms. The standard InChI is InChI=1S/C27H25NO/c1-28(22-11-7-10-21(14-15-22)20-8-3-2-4-9-20)23-16-18-25-24-12-5-6-13-26(24)29-27(25)19-17-23/h2-13,15,18-19,23H,14,16-17H2,1H3. The van der Waals surface area contributed by atoms with Crippen molar-refractivity contribution in [2.24, 2.45) is 0 Å². The van der Waals surface area contributed by atoms with Crippen LogP contribution in [0.15, 0.2) is 89.0 Å². The smallest absolute Gasteiger partial charge is 0.135 e. The van der Waals surface area contributed by atoms with Gasteiger partial charge in [-0.2, -0.15) is 0 Å². The maximum Gasteiger partial charge on any atom is 0.135 e. The highest BCUT2D eigenvalue weighted by Crippen LogP contribution is 2.25. The molecule has 2 nitrogen and oxygen atoms in total. The molecule has 2 heteroatoms. The molecule has 0 aliphatic heterocycles. The Bertz CT molecular complexity index is 1240. The molecule has 0 bridgehead atoms. The van der Waals surface area contributed by atoms with Crippen molar-refractivity contribution in [2.45, 2.75) is 25.3 Å². The molecule has 144 valence electrons. The van der Waals surface area contributed by atoms with Crippen molar-refractivity contribution in [1.82, 2.24) is 4.90 Å². The molecule has 29 heavy (non-hydrogen) atoms. The Morgan fingerprint density at radius 3 is 2.59 bits per heavy atom. The van der Waals surface area contributed by atoms with Gasteiger partial charge in [0.1, 0.15) is 11.0 Å². The van der Waals surface area contributed by atoms with Gasteiger partial charge < -0.3 is 9.32 Å². The molecule has 0 N–H and O–H groups in total. The summed E-state index contributed by atoms with van der Waals surface area (Å²) in [7, 11) is 2.21. The summed E-state index contributed by atoms with van der Waals surface area (Å²) in [5.74, 6) is 0. The number of allylic oxidation sites excluding steroid dienone is 5. The van der Waals surface area contributed by atoms with Crippen molar-refractivity contribution in [3.05, 3.63) is 101 Å². The predicted molar refractivity (Wildman–Crippen MR) is 121 cm³/mol. The molecule has 1 aromatic heterocycles. The Kier molecular flexibility index (Phi) is 4.69. The van der Waals surface area contributed by atoms with Gasteiger partial charge in [-0.05, 0) is 48.6 Å². The Hall–Kier alpha value is -3.26. The second-order valence-corrected chi connectivity index (χ2v) is 7.77. The summed E-state index contributed by atoms with van der Waals surface area (Å²) in [4.78, 5) is 2.42. The molecule has 0 radical (unpaired) electrons. The van der Waals surface area contributed by atoms with E-state index in [-0.39, 0.29) is 0 Å². The van der Waals surface area contributed by atoms with E-state index in [1.165, 1.54) is 27.4 Å². The number of para-hydroxylation sites is 1. The van der Waals surface area contributed by atoms with Crippen LogP contribution in [-0.4, -0.2) is 18.0 Å². The fraction of sp³-hybridized carbons (Fsp3) is 0.185. The van der Waals surface area contributed by atoms with E-state index >= 15 is 0 Å². The highest BCUT2D eigenvalue weighted by molar-refractivity contribution is 5.79.